The molecule has 0 atom stereocenters. The van der Waals surface area contributed by atoms with E-state index in [1.807, 2.05) is 13.0 Å². The highest BCUT2D eigenvalue weighted by atomic mass is 16.3. The van der Waals surface area contributed by atoms with Crippen LogP contribution in [0.15, 0.2) is 16.7 Å². The fraction of sp³-hybridized carbons (Fsp3) is 0.462. The molecule has 1 N–H and O–H groups in total. The van der Waals surface area contributed by atoms with Crippen LogP contribution in [0.25, 0.3) is 11.0 Å². The van der Waals surface area contributed by atoms with E-state index < -0.39 is 0 Å². The zero-order chi connectivity index (χ0) is 11.5. The Morgan fingerprint density at radius 1 is 1.44 bits per heavy atom. The summed E-state index contributed by atoms with van der Waals surface area (Å²) < 4.78 is 5.79. The van der Waals surface area contributed by atoms with Crippen molar-refractivity contribution in [1.82, 2.24) is 4.98 Å². The van der Waals surface area contributed by atoms with Gasteiger partial charge in [-0.15, -0.1) is 0 Å². The fourth-order valence-electron chi connectivity index (χ4n) is 1.85. The van der Waals surface area contributed by atoms with Crippen molar-refractivity contribution in [2.45, 2.75) is 39.7 Å². The van der Waals surface area contributed by atoms with Gasteiger partial charge in [-0.3, -0.25) is 4.98 Å². The summed E-state index contributed by atoms with van der Waals surface area (Å²) in [7, 11) is 0. The number of hydrogen-bond donors (Lipinski definition) is 1. The van der Waals surface area contributed by atoms with Gasteiger partial charge in [0.2, 0.25) is 0 Å². The zero-order valence-electron chi connectivity index (χ0n) is 9.79. The molecule has 86 valence electrons. The van der Waals surface area contributed by atoms with Crippen molar-refractivity contribution in [2.24, 2.45) is 0 Å². The number of pyridine rings is 1. The fourth-order valence-corrected chi connectivity index (χ4v) is 1.85. The first kappa shape index (κ1) is 11.1. The molecule has 3 heteroatoms. The lowest BCUT2D eigenvalue weighted by Crippen LogP contribution is -1.90. The number of aromatic nitrogens is 1. The van der Waals surface area contributed by atoms with Gasteiger partial charge in [-0.05, 0) is 19.4 Å². The van der Waals surface area contributed by atoms with Gasteiger partial charge >= 0.3 is 0 Å². The summed E-state index contributed by atoms with van der Waals surface area (Å²) in [4.78, 5) is 4.21. The number of aliphatic hydroxyl groups is 1. The minimum atomic E-state index is -0.0382. The van der Waals surface area contributed by atoms with Crippen LogP contribution in [-0.4, -0.2) is 10.1 Å². The molecule has 0 amide bonds. The number of aryl methyl sites for hydroxylation is 2. The minimum Gasteiger partial charge on any atom is -0.461 e. The Morgan fingerprint density at radius 2 is 2.25 bits per heavy atom. The molecule has 0 aliphatic carbocycles. The van der Waals surface area contributed by atoms with Crippen molar-refractivity contribution in [3.05, 3.63) is 29.3 Å². The average Bonchev–Trinajstić information content (AvgIpc) is 2.72. The van der Waals surface area contributed by atoms with Crippen LogP contribution in [0.2, 0.25) is 0 Å². The number of nitrogens with zero attached hydrogens (tertiary/aromatic N) is 1. The zero-order valence-corrected chi connectivity index (χ0v) is 9.79. The Bertz CT molecular complexity index is 488. The number of rotatable bonds is 4. The van der Waals surface area contributed by atoms with E-state index in [0.29, 0.717) is 5.69 Å². The molecule has 16 heavy (non-hydrogen) atoms. The summed E-state index contributed by atoms with van der Waals surface area (Å²) in [6.45, 7) is 4.10. The van der Waals surface area contributed by atoms with Gasteiger partial charge in [0.05, 0.1) is 12.3 Å². The van der Waals surface area contributed by atoms with Crippen LogP contribution in [0.4, 0.5) is 0 Å². The van der Waals surface area contributed by atoms with Gasteiger partial charge in [0.1, 0.15) is 11.3 Å². The largest absolute Gasteiger partial charge is 0.461 e. The van der Waals surface area contributed by atoms with Gasteiger partial charge in [-0.2, -0.15) is 0 Å². The average molecular weight is 219 g/mol. The maximum atomic E-state index is 9.21. The third-order valence-corrected chi connectivity index (χ3v) is 2.79. The highest BCUT2D eigenvalue weighted by molar-refractivity contribution is 5.82. The second-order valence-electron chi connectivity index (χ2n) is 4.11. The molecule has 3 nitrogen and oxygen atoms in total. The predicted molar refractivity (Wildman–Crippen MR) is 63.3 cm³/mol. The minimum absolute atomic E-state index is 0.0382. The third-order valence-electron chi connectivity index (χ3n) is 2.79. The van der Waals surface area contributed by atoms with Crippen LogP contribution < -0.4 is 0 Å². The summed E-state index contributed by atoms with van der Waals surface area (Å²) in [6, 6.07) is 2.01. The molecular weight excluding hydrogens is 202 g/mol. The summed E-state index contributed by atoms with van der Waals surface area (Å²) in [5.74, 6) is 0.989. The maximum absolute atomic E-state index is 9.21. The summed E-state index contributed by atoms with van der Waals surface area (Å²) in [5.41, 5.74) is 2.59. The molecule has 0 radical (unpaired) electrons. The van der Waals surface area contributed by atoms with Crippen molar-refractivity contribution in [1.29, 1.82) is 0 Å². The van der Waals surface area contributed by atoms with Crippen LogP contribution in [0.3, 0.4) is 0 Å². The molecule has 0 saturated carbocycles. The van der Waals surface area contributed by atoms with E-state index in [9.17, 15) is 5.11 Å². The highest BCUT2D eigenvalue weighted by Crippen LogP contribution is 2.25. The standard InChI is InChI=1S/C13H17NO2/c1-3-4-5-10-6-11-12(8-15)14-7-9(2)13(11)16-10/h6-7,15H,3-5,8H2,1-2H3. The lowest BCUT2D eigenvalue weighted by Gasteiger charge is -1.98. The lowest BCUT2D eigenvalue weighted by atomic mass is 10.1. The van der Waals surface area contributed by atoms with E-state index >= 15 is 0 Å². The second-order valence-corrected chi connectivity index (χ2v) is 4.11. The molecule has 0 aromatic carbocycles. The van der Waals surface area contributed by atoms with Crippen molar-refractivity contribution < 1.29 is 9.52 Å². The Hall–Kier alpha value is -1.35. The van der Waals surface area contributed by atoms with Crippen molar-refractivity contribution in [3.8, 4) is 0 Å². The van der Waals surface area contributed by atoms with Gasteiger partial charge < -0.3 is 9.52 Å². The Morgan fingerprint density at radius 3 is 2.94 bits per heavy atom. The monoisotopic (exact) mass is 219 g/mol. The van der Waals surface area contributed by atoms with E-state index in [4.69, 9.17) is 4.42 Å². The quantitative estimate of drug-likeness (QED) is 0.859. The normalized spacial score (nSPS) is 11.2. The van der Waals surface area contributed by atoms with Crippen LogP contribution in [-0.2, 0) is 13.0 Å². The molecule has 0 bridgehead atoms. The van der Waals surface area contributed by atoms with E-state index in [0.717, 1.165) is 41.6 Å². The Kier molecular flexibility index (Phi) is 3.25. The van der Waals surface area contributed by atoms with E-state index in [2.05, 4.69) is 11.9 Å². The van der Waals surface area contributed by atoms with Crippen LogP contribution >= 0.6 is 0 Å². The molecule has 0 aliphatic heterocycles. The van der Waals surface area contributed by atoms with Gasteiger partial charge in [0, 0.05) is 23.6 Å². The summed E-state index contributed by atoms with van der Waals surface area (Å²) in [5, 5.41) is 10.2. The molecule has 0 aliphatic rings. The topological polar surface area (TPSA) is 46.3 Å². The molecule has 2 aromatic heterocycles. The van der Waals surface area contributed by atoms with E-state index in [1.54, 1.807) is 6.20 Å². The third kappa shape index (κ3) is 1.95. The molecule has 2 rings (SSSR count). The van der Waals surface area contributed by atoms with Gasteiger partial charge in [0.25, 0.3) is 0 Å². The number of aliphatic hydroxyl groups excluding tert-OH is 1. The van der Waals surface area contributed by atoms with E-state index in [-0.39, 0.29) is 6.61 Å². The number of fused-ring (bicyclic) bond motifs is 1. The van der Waals surface area contributed by atoms with Gasteiger partial charge in [-0.1, -0.05) is 13.3 Å². The molecule has 0 unspecified atom stereocenters. The lowest BCUT2D eigenvalue weighted by molar-refractivity contribution is 0.278. The smallest absolute Gasteiger partial charge is 0.140 e. The first-order valence-corrected chi connectivity index (χ1v) is 5.74. The van der Waals surface area contributed by atoms with Crippen LogP contribution in [0, 0.1) is 6.92 Å². The summed E-state index contributed by atoms with van der Waals surface area (Å²) >= 11 is 0. The molecule has 2 heterocycles. The second kappa shape index (κ2) is 4.66. The van der Waals surface area contributed by atoms with E-state index in [1.165, 1.54) is 0 Å². The van der Waals surface area contributed by atoms with Gasteiger partial charge in [0.15, 0.2) is 0 Å². The number of hydrogen-bond acceptors (Lipinski definition) is 3. The van der Waals surface area contributed by atoms with Crippen LogP contribution in [0.5, 0.6) is 0 Å². The van der Waals surface area contributed by atoms with Crippen LogP contribution in [0.1, 0.15) is 36.8 Å². The Balaban J connectivity index is 2.46. The first-order chi connectivity index (χ1) is 7.76. The molecule has 0 saturated heterocycles. The Labute approximate surface area is 95.1 Å². The highest BCUT2D eigenvalue weighted by Gasteiger charge is 2.10. The van der Waals surface area contributed by atoms with Crippen molar-refractivity contribution >= 4 is 11.0 Å². The number of furan rings is 1. The predicted octanol–water partition coefficient (Wildman–Crippen LogP) is 2.97. The molecule has 0 spiro atoms. The SMILES string of the molecule is CCCCc1cc2c(CO)ncc(C)c2o1. The molecular formula is C13H17NO2. The van der Waals surface area contributed by atoms with Crippen molar-refractivity contribution in [3.63, 3.8) is 0 Å². The maximum Gasteiger partial charge on any atom is 0.140 e. The summed E-state index contributed by atoms with van der Waals surface area (Å²) in [6.07, 6.45) is 4.98. The molecule has 2 aromatic rings. The first-order valence-electron chi connectivity index (χ1n) is 5.74. The van der Waals surface area contributed by atoms with Crippen molar-refractivity contribution in [2.75, 3.05) is 0 Å². The van der Waals surface area contributed by atoms with Gasteiger partial charge in [-0.25, -0.2) is 0 Å². The molecule has 0 fully saturated rings. The number of unbranched alkanes of at least 4 members (excludes halogenated alkanes) is 1.